The van der Waals surface area contributed by atoms with Crippen molar-refractivity contribution in [2.45, 2.75) is 32.6 Å². The number of carbonyl (C=O) groups is 1. The summed E-state index contributed by atoms with van der Waals surface area (Å²) in [6, 6.07) is 0. The van der Waals surface area contributed by atoms with E-state index in [0.717, 1.165) is 6.42 Å². The predicted molar refractivity (Wildman–Crippen MR) is 46.8 cm³/mol. The highest BCUT2D eigenvalue weighted by Gasteiger charge is 2.26. The zero-order valence-electron chi connectivity index (χ0n) is 6.98. The van der Waals surface area contributed by atoms with E-state index < -0.39 is 0 Å². The number of hydrogen-bond acceptors (Lipinski definition) is 1. The van der Waals surface area contributed by atoms with Crippen molar-refractivity contribution in [2.75, 3.05) is 5.88 Å². The summed E-state index contributed by atoms with van der Waals surface area (Å²) in [7, 11) is 0. The van der Waals surface area contributed by atoms with Gasteiger partial charge >= 0.3 is 0 Å². The number of rotatable bonds is 2. The van der Waals surface area contributed by atoms with Crippen molar-refractivity contribution in [3.05, 3.63) is 0 Å². The van der Waals surface area contributed by atoms with Crippen LogP contribution >= 0.6 is 11.6 Å². The smallest absolute Gasteiger partial charge is 0.150 e. The minimum absolute atomic E-state index is 0.203. The predicted octanol–water partition coefficient (Wildman–Crippen LogP) is 2.62. The van der Waals surface area contributed by atoms with Crippen LogP contribution in [0.4, 0.5) is 0 Å². The maximum atomic E-state index is 11.2. The Labute approximate surface area is 73.1 Å². The quantitative estimate of drug-likeness (QED) is 0.589. The van der Waals surface area contributed by atoms with Crippen LogP contribution in [0.2, 0.25) is 0 Å². The SMILES string of the molecule is CC1CCCCC1C(=O)CCl. The van der Waals surface area contributed by atoms with E-state index in [1.807, 2.05) is 0 Å². The van der Waals surface area contributed by atoms with Crippen LogP contribution in [0.3, 0.4) is 0 Å². The Bertz CT molecular complexity index is 144. The fourth-order valence-electron chi connectivity index (χ4n) is 1.89. The standard InChI is InChI=1S/C9H15ClO/c1-7-4-2-3-5-8(7)9(11)6-10/h7-8H,2-6H2,1H3. The summed E-state index contributed by atoms with van der Waals surface area (Å²) in [6.07, 6.45) is 4.75. The van der Waals surface area contributed by atoms with Crippen LogP contribution in [-0.4, -0.2) is 11.7 Å². The fourth-order valence-corrected chi connectivity index (χ4v) is 2.09. The minimum atomic E-state index is 0.203. The van der Waals surface area contributed by atoms with Crippen molar-refractivity contribution < 1.29 is 4.79 Å². The highest BCUT2D eigenvalue weighted by atomic mass is 35.5. The van der Waals surface area contributed by atoms with Gasteiger partial charge in [0.25, 0.3) is 0 Å². The lowest BCUT2D eigenvalue weighted by Gasteiger charge is -2.26. The largest absolute Gasteiger partial charge is 0.298 e. The lowest BCUT2D eigenvalue weighted by molar-refractivity contribution is -0.122. The Morgan fingerprint density at radius 2 is 2.09 bits per heavy atom. The van der Waals surface area contributed by atoms with Gasteiger partial charge in [0.05, 0.1) is 5.88 Å². The second kappa shape index (κ2) is 4.10. The first-order chi connectivity index (χ1) is 5.25. The summed E-state index contributed by atoms with van der Waals surface area (Å²) in [5.41, 5.74) is 0. The van der Waals surface area contributed by atoms with Crippen LogP contribution in [-0.2, 0) is 4.79 Å². The fraction of sp³-hybridized carbons (Fsp3) is 0.889. The molecule has 1 aliphatic rings. The summed E-state index contributed by atoms with van der Waals surface area (Å²) in [4.78, 5) is 11.2. The lowest BCUT2D eigenvalue weighted by Crippen LogP contribution is -2.26. The monoisotopic (exact) mass is 174 g/mol. The van der Waals surface area contributed by atoms with Gasteiger partial charge in [-0.3, -0.25) is 4.79 Å². The van der Waals surface area contributed by atoms with Crippen LogP contribution in [0.25, 0.3) is 0 Å². The van der Waals surface area contributed by atoms with E-state index in [1.54, 1.807) is 0 Å². The van der Waals surface area contributed by atoms with Crippen molar-refractivity contribution in [1.29, 1.82) is 0 Å². The Morgan fingerprint density at radius 3 is 2.64 bits per heavy atom. The molecule has 0 radical (unpaired) electrons. The molecule has 0 aromatic carbocycles. The van der Waals surface area contributed by atoms with Gasteiger partial charge in [0.1, 0.15) is 0 Å². The maximum absolute atomic E-state index is 11.2. The zero-order valence-corrected chi connectivity index (χ0v) is 7.73. The minimum Gasteiger partial charge on any atom is -0.298 e. The van der Waals surface area contributed by atoms with Crippen molar-refractivity contribution in [1.82, 2.24) is 0 Å². The molecule has 1 nitrogen and oxygen atoms in total. The first kappa shape index (κ1) is 9.05. The van der Waals surface area contributed by atoms with E-state index in [0.29, 0.717) is 5.92 Å². The molecule has 1 aliphatic carbocycles. The molecule has 64 valence electrons. The molecule has 0 amide bonds. The maximum Gasteiger partial charge on any atom is 0.150 e. The normalized spacial score (nSPS) is 31.8. The number of hydrogen-bond donors (Lipinski definition) is 0. The van der Waals surface area contributed by atoms with Crippen LogP contribution < -0.4 is 0 Å². The van der Waals surface area contributed by atoms with E-state index in [2.05, 4.69) is 6.92 Å². The second-order valence-corrected chi connectivity index (χ2v) is 3.74. The van der Waals surface area contributed by atoms with Gasteiger partial charge in [0.2, 0.25) is 0 Å². The molecule has 0 aromatic heterocycles. The number of Topliss-reactive ketones (excluding diaryl/α,β-unsaturated/α-hetero) is 1. The molecule has 1 saturated carbocycles. The van der Waals surface area contributed by atoms with Crippen LogP contribution in [0.5, 0.6) is 0 Å². The summed E-state index contributed by atoms with van der Waals surface area (Å²) in [5, 5.41) is 0. The molecule has 2 heteroatoms. The van der Waals surface area contributed by atoms with Gasteiger partial charge in [0.15, 0.2) is 5.78 Å². The molecule has 2 unspecified atom stereocenters. The summed E-state index contributed by atoms with van der Waals surface area (Å²) in [5.74, 6) is 1.28. The van der Waals surface area contributed by atoms with Gasteiger partial charge in [-0.1, -0.05) is 26.2 Å². The molecule has 0 spiro atoms. The van der Waals surface area contributed by atoms with E-state index in [-0.39, 0.29) is 17.6 Å². The molecular formula is C9H15ClO. The van der Waals surface area contributed by atoms with Gasteiger partial charge < -0.3 is 0 Å². The molecule has 11 heavy (non-hydrogen) atoms. The number of ketones is 1. The Morgan fingerprint density at radius 1 is 1.45 bits per heavy atom. The topological polar surface area (TPSA) is 17.1 Å². The Balaban J connectivity index is 2.47. The average Bonchev–Trinajstić information content (AvgIpc) is 2.04. The van der Waals surface area contributed by atoms with Gasteiger partial charge in [-0.15, -0.1) is 11.6 Å². The molecule has 1 rings (SSSR count). The Hall–Kier alpha value is -0.0400. The first-order valence-electron chi connectivity index (χ1n) is 4.34. The lowest BCUT2D eigenvalue weighted by atomic mass is 9.78. The Kier molecular flexibility index (Phi) is 3.38. The summed E-state index contributed by atoms with van der Waals surface area (Å²) >= 11 is 5.50. The number of alkyl halides is 1. The second-order valence-electron chi connectivity index (χ2n) is 3.47. The molecule has 0 aliphatic heterocycles. The third-order valence-electron chi connectivity index (χ3n) is 2.66. The summed E-state index contributed by atoms with van der Waals surface area (Å²) in [6.45, 7) is 2.16. The van der Waals surface area contributed by atoms with Gasteiger partial charge in [0, 0.05) is 5.92 Å². The number of carbonyl (C=O) groups excluding carboxylic acids is 1. The van der Waals surface area contributed by atoms with Crippen molar-refractivity contribution >= 4 is 17.4 Å². The van der Waals surface area contributed by atoms with Crippen molar-refractivity contribution in [3.63, 3.8) is 0 Å². The molecular weight excluding hydrogens is 160 g/mol. The van der Waals surface area contributed by atoms with E-state index in [9.17, 15) is 4.79 Å². The van der Waals surface area contributed by atoms with Crippen LogP contribution in [0.1, 0.15) is 32.6 Å². The van der Waals surface area contributed by atoms with Crippen LogP contribution in [0.15, 0.2) is 0 Å². The van der Waals surface area contributed by atoms with Crippen LogP contribution in [0, 0.1) is 11.8 Å². The zero-order chi connectivity index (χ0) is 8.27. The van der Waals surface area contributed by atoms with Crippen molar-refractivity contribution in [3.8, 4) is 0 Å². The first-order valence-corrected chi connectivity index (χ1v) is 4.88. The molecule has 1 fully saturated rings. The number of halogens is 1. The van der Waals surface area contributed by atoms with Crippen molar-refractivity contribution in [2.24, 2.45) is 11.8 Å². The van der Waals surface area contributed by atoms with Gasteiger partial charge in [-0.2, -0.15) is 0 Å². The molecule has 0 N–H and O–H groups in total. The highest BCUT2D eigenvalue weighted by molar-refractivity contribution is 6.27. The molecule has 2 atom stereocenters. The van der Waals surface area contributed by atoms with E-state index >= 15 is 0 Å². The molecule has 0 aromatic rings. The molecule has 0 bridgehead atoms. The van der Waals surface area contributed by atoms with E-state index in [4.69, 9.17) is 11.6 Å². The van der Waals surface area contributed by atoms with Gasteiger partial charge in [-0.05, 0) is 12.3 Å². The third kappa shape index (κ3) is 2.19. The highest BCUT2D eigenvalue weighted by Crippen LogP contribution is 2.30. The van der Waals surface area contributed by atoms with E-state index in [1.165, 1.54) is 19.3 Å². The van der Waals surface area contributed by atoms with Gasteiger partial charge in [-0.25, -0.2) is 0 Å². The molecule has 0 saturated heterocycles. The average molecular weight is 175 g/mol. The summed E-state index contributed by atoms with van der Waals surface area (Å²) < 4.78 is 0. The molecule has 0 heterocycles. The third-order valence-corrected chi connectivity index (χ3v) is 2.92.